The molecule has 0 unspecified atom stereocenters. The maximum absolute atomic E-state index is 5.90. The summed E-state index contributed by atoms with van der Waals surface area (Å²) in [7, 11) is 0. The lowest BCUT2D eigenvalue weighted by Gasteiger charge is -2.11. The molecule has 4 nitrogen and oxygen atoms in total. The number of benzene rings is 2. The second-order valence-electron chi connectivity index (χ2n) is 5.81. The maximum atomic E-state index is 5.90. The van der Waals surface area contributed by atoms with Crippen LogP contribution in [0.5, 0.6) is 0 Å². The Bertz CT molecular complexity index is 996. The van der Waals surface area contributed by atoms with E-state index < -0.39 is 0 Å². The maximum Gasteiger partial charge on any atom is 0.137 e. The van der Waals surface area contributed by atoms with Crippen LogP contribution < -0.4 is 11.1 Å². The Kier molecular flexibility index (Phi) is 4.31. The van der Waals surface area contributed by atoms with E-state index in [1.165, 1.54) is 16.0 Å². The number of thiophene rings is 1. The molecule has 0 aliphatic heterocycles. The third kappa shape index (κ3) is 3.32. The molecule has 0 atom stereocenters. The smallest absolute Gasteiger partial charge is 0.137 e. The molecule has 124 valence electrons. The van der Waals surface area contributed by atoms with E-state index in [-0.39, 0.29) is 0 Å². The highest BCUT2D eigenvalue weighted by atomic mass is 32.1. The van der Waals surface area contributed by atoms with Gasteiger partial charge in [0.2, 0.25) is 0 Å². The molecule has 3 N–H and O–H groups in total. The molecule has 0 saturated carbocycles. The van der Waals surface area contributed by atoms with Crippen molar-refractivity contribution < 1.29 is 0 Å². The first-order valence-corrected chi connectivity index (χ1v) is 9.05. The van der Waals surface area contributed by atoms with E-state index in [1.54, 1.807) is 17.7 Å². The molecule has 0 radical (unpaired) electrons. The zero-order valence-corrected chi connectivity index (χ0v) is 14.5. The molecule has 2 aromatic carbocycles. The standard InChI is InChI=1S/C20H18N4S/c21-15-7-8-18-17(12-15)20(24-13-23-18)22-10-9-14-4-1-2-5-16(14)19-6-3-11-25-19/h1-8,11-13H,9-10,21H2,(H,22,23,24). The predicted molar refractivity (Wildman–Crippen MR) is 106 cm³/mol. The highest BCUT2D eigenvalue weighted by Gasteiger charge is 2.07. The molecule has 0 amide bonds. The third-order valence-electron chi connectivity index (χ3n) is 4.15. The van der Waals surface area contributed by atoms with E-state index >= 15 is 0 Å². The molecule has 2 heterocycles. The van der Waals surface area contributed by atoms with Gasteiger partial charge in [0, 0.05) is 22.5 Å². The SMILES string of the molecule is Nc1ccc2ncnc(NCCc3ccccc3-c3cccs3)c2c1. The van der Waals surface area contributed by atoms with Crippen molar-refractivity contribution in [2.24, 2.45) is 0 Å². The number of rotatable bonds is 5. The van der Waals surface area contributed by atoms with Crippen molar-refractivity contribution in [1.29, 1.82) is 0 Å². The second kappa shape index (κ2) is 6.91. The van der Waals surface area contributed by atoms with Crippen molar-refractivity contribution in [3.8, 4) is 10.4 Å². The van der Waals surface area contributed by atoms with Gasteiger partial charge in [0.1, 0.15) is 12.1 Å². The number of aromatic nitrogens is 2. The molecule has 5 heteroatoms. The summed E-state index contributed by atoms with van der Waals surface area (Å²) < 4.78 is 0. The van der Waals surface area contributed by atoms with Crippen molar-refractivity contribution in [1.82, 2.24) is 9.97 Å². The number of nitrogen functional groups attached to an aromatic ring is 1. The van der Waals surface area contributed by atoms with Crippen LogP contribution in [0, 0.1) is 0 Å². The minimum Gasteiger partial charge on any atom is -0.399 e. The number of fused-ring (bicyclic) bond motifs is 1. The number of hydrogen-bond donors (Lipinski definition) is 2. The van der Waals surface area contributed by atoms with Crippen molar-refractivity contribution >= 4 is 33.7 Å². The molecular weight excluding hydrogens is 328 g/mol. The van der Waals surface area contributed by atoms with Crippen LogP contribution in [-0.2, 0) is 6.42 Å². The highest BCUT2D eigenvalue weighted by molar-refractivity contribution is 7.13. The summed E-state index contributed by atoms with van der Waals surface area (Å²) in [4.78, 5) is 9.97. The summed E-state index contributed by atoms with van der Waals surface area (Å²) in [6.07, 6.45) is 2.50. The lowest BCUT2D eigenvalue weighted by atomic mass is 10.0. The minimum atomic E-state index is 0.716. The molecule has 0 fully saturated rings. The average Bonchev–Trinajstić information content (AvgIpc) is 3.17. The molecule has 0 spiro atoms. The Hall–Kier alpha value is -2.92. The average molecular weight is 346 g/mol. The van der Waals surface area contributed by atoms with Crippen LogP contribution in [0.25, 0.3) is 21.3 Å². The van der Waals surface area contributed by atoms with Gasteiger partial charge >= 0.3 is 0 Å². The van der Waals surface area contributed by atoms with Crippen molar-refractivity contribution in [2.75, 3.05) is 17.6 Å². The summed E-state index contributed by atoms with van der Waals surface area (Å²) in [6, 6.07) is 18.5. The zero-order valence-electron chi connectivity index (χ0n) is 13.6. The normalized spacial score (nSPS) is 10.9. The number of nitrogens with two attached hydrogens (primary N) is 1. The Morgan fingerprint density at radius 3 is 2.80 bits per heavy atom. The van der Waals surface area contributed by atoms with Gasteiger partial charge in [-0.1, -0.05) is 30.3 Å². The summed E-state index contributed by atoms with van der Waals surface area (Å²) >= 11 is 1.77. The van der Waals surface area contributed by atoms with Gasteiger partial charge in [0.25, 0.3) is 0 Å². The summed E-state index contributed by atoms with van der Waals surface area (Å²) in [6.45, 7) is 0.795. The molecule has 25 heavy (non-hydrogen) atoms. The topological polar surface area (TPSA) is 63.8 Å². The fraction of sp³-hybridized carbons (Fsp3) is 0.100. The van der Waals surface area contributed by atoms with Crippen LogP contribution in [0.2, 0.25) is 0 Å². The largest absolute Gasteiger partial charge is 0.399 e. The number of hydrogen-bond acceptors (Lipinski definition) is 5. The fourth-order valence-corrected chi connectivity index (χ4v) is 3.73. The van der Waals surface area contributed by atoms with Gasteiger partial charge in [0.05, 0.1) is 5.52 Å². The zero-order chi connectivity index (χ0) is 17.1. The van der Waals surface area contributed by atoms with Crippen LogP contribution in [0.15, 0.2) is 66.3 Å². The monoisotopic (exact) mass is 346 g/mol. The van der Waals surface area contributed by atoms with Gasteiger partial charge in [-0.3, -0.25) is 0 Å². The fourth-order valence-electron chi connectivity index (χ4n) is 2.94. The molecule has 0 aliphatic carbocycles. The summed E-state index contributed by atoms with van der Waals surface area (Å²) in [5.74, 6) is 0.825. The molecule has 0 saturated heterocycles. The van der Waals surface area contributed by atoms with E-state index in [4.69, 9.17) is 5.73 Å². The van der Waals surface area contributed by atoms with Crippen LogP contribution in [-0.4, -0.2) is 16.5 Å². The van der Waals surface area contributed by atoms with E-state index in [1.807, 2.05) is 18.2 Å². The first-order chi connectivity index (χ1) is 12.3. The van der Waals surface area contributed by atoms with Crippen molar-refractivity contribution in [3.63, 3.8) is 0 Å². The lowest BCUT2D eigenvalue weighted by molar-refractivity contribution is 1.01. The summed E-state index contributed by atoms with van der Waals surface area (Å²) in [5, 5.41) is 6.50. The molecule has 4 rings (SSSR count). The van der Waals surface area contributed by atoms with Crippen LogP contribution in [0.3, 0.4) is 0 Å². The molecule has 4 aromatic rings. The Labute approximate surface area is 150 Å². The van der Waals surface area contributed by atoms with Crippen LogP contribution in [0.1, 0.15) is 5.56 Å². The van der Waals surface area contributed by atoms with E-state index in [0.29, 0.717) is 5.69 Å². The third-order valence-corrected chi connectivity index (χ3v) is 5.05. The van der Waals surface area contributed by atoms with Crippen LogP contribution in [0.4, 0.5) is 11.5 Å². The van der Waals surface area contributed by atoms with Crippen molar-refractivity contribution in [2.45, 2.75) is 6.42 Å². The first kappa shape index (κ1) is 15.6. The predicted octanol–water partition coefficient (Wildman–Crippen LogP) is 4.60. The molecule has 2 aromatic heterocycles. The summed E-state index contributed by atoms with van der Waals surface area (Å²) in [5.41, 5.74) is 10.1. The van der Waals surface area contributed by atoms with Gasteiger partial charge < -0.3 is 11.1 Å². The molecule has 0 aliphatic rings. The van der Waals surface area contributed by atoms with Gasteiger partial charge in [0.15, 0.2) is 0 Å². The molecular formula is C20H18N4S. The Balaban J connectivity index is 1.53. The first-order valence-electron chi connectivity index (χ1n) is 8.17. The minimum absolute atomic E-state index is 0.716. The number of anilines is 2. The van der Waals surface area contributed by atoms with E-state index in [9.17, 15) is 0 Å². The number of nitrogens with one attached hydrogen (secondary N) is 1. The van der Waals surface area contributed by atoms with Gasteiger partial charge in [-0.05, 0) is 47.2 Å². The highest BCUT2D eigenvalue weighted by Crippen LogP contribution is 2.28. The van der Waals surface area contributed by atoms with Gasteiger partial charge in [-0.25, -0.2) is 9.97 Å². The van der Waals surface area contributed by atoms with Crippen LogP contribution >= 0.6 is 11.3 Å². The Morgan fingerprint density at radius 2 is 1.92 bits per heavy atom. The van der Waals surface area contributed by atoms with Crippen molar-refractivity contribution in [3.05, 3.63) is 71.9 Å². The lowest BCUT2D eigenvalue weighted by Crippen LogP contribution is -2.08. The quantitative estimate of drug-likeness (QED) is 0.519. The van der Waals surface area contributed by atoms with Gasteiger partial charge in [-0.2, -0.15) is 0 Å². The van der Waals surface area contributed by atoms with Gasteiger partial charge in [-0.15, -0.1) is 11.3 Å². The molecule has 0 bridgehead atoms. The number of nitrogens with zero attached hydrogens (tertiary/aromatic N) is 2. The Morgan fingerprint density at radius 1 is 1.00 bits per heavy atom. The second-order valence-corrected chi connectivity index (χ2v) is 6.76. The van der Waals surface area contributed by atoms with E-state index in [2.05, 4.69) is 57.1 Å². The van der Waals surface area contributed by atoms with E-state index in [0.717, 1.165) is 29.7 Å².